The summed E-state index contributed by atoms with van der Waals surface area (Å²) >= 11 is 0. The highest BCUT2D eigenvalue weighted by atomic mass is 17.1. The van der Waals surface area contributed by atoms with Crippen LogP contribution in [0.25, 0.3) is 0 Å². The van der Waals surface area contributed by atoms with Crippen LogP contribution >= 0.6 is 0 Å². The Morgan fingerprint density at radius 2 is 0.978 bits per heavy atom. The number of aliphatic hydroxyl groups excluding tert-OH is 6. The molecule has 1 aliphatic rings. The normalized spacial score (nSPS) is 17.7. The Labute approximate surface area is 276 Å². The van der Waals surface area contributed by atoms with Gasteiger partial charge in [-0.1, -0.05) is 48.5 Å². The number of hydrogen-bond acceptors (Lipinski definition) is 12. The van der Waals surface area contributed by atoms with Gasteiger partial charge in [-0.05, 0) is 66.0 Å². The van der Waals surface area contributed by atoms with Crippen LogP contribution < -0.4 is 0 Å². The van der Waals surface area contributed by atoms with E-state index in [-0.39, 0.29) is 42.7 Å². The third-order valence-corrected chi connectivity index (χ3v) is 6.93. The maximum Gasteiger partial charge on any atom is 0.0936 e. The molecule has 0 radical (unpaired) electrons. The molecular weight excluding hydrogens is 584 g/mol. The van der Waals surface area contributed by atoms with Crippen LogP contribution in [0.3, 0.4) is 0 Å². The van der Waals surface area contributed by atoms with Gasteiger partial charge in [-0.3, -0.25) is 5.26 Å². The molecule has 1 fully saturated rings. The van der Waals surface area contributed by atoms with Gasteiger partial charge in [0.15, 0.2) is 0 Å². The van der Waals surface area contributed by atoms with Crippen molar-refractivity contribution in [2.24, 2.45) is 0 Å². The quantitative estimate of drug-likeness (QED) is 0.0577. The van der Waals surface area contributed by atoms with Gasteiger partial charge in [0, 0.05) is 39.7 Å². The number of nitrogens with zero attached hydrogens (tertiary/aromatic N) is 2. The van der Waals surface area contributed by atoms with E-state index in [0.29, 0.717) is 38.6 Å². The molecule has 7 atom stereocenters. The predicted molar refractivity (Wildman–Crippen MR) is 182 cm³/mol. The van der Waals surface area contributed by atoms with E-state index in [4.69, 9.17) is 25.3 Å². The SMILES string of the molecule is CCC(O)CC.CCC(O)CC(C)OO.CCC(O)CN(C)CC(O)CC.CCC(O)CN(C)CC1CO1.CCC(O)COC. The van der Waals surface area contributed by atoms with Gasteiger partial charge in [-0.25, -0.2) is 4.89 Å². The predicted octanol–water partition coefficient (Wildman–Crippen LogP) is 3.14. The van der Waals surface area contributed by atoms with Crippen LogP contribution in [0.15, 0.2) is 0 Å². The van der Waals surface area contributed by atoms with Crippen molar-refractivity contribution in [2.45, 2.75) is 156 Å². The standard InChI is InChI=1S/C9H21NO2.C8H17NO2.C6H14O3.C5H12O2.C5H12O/c1-4-8(11)6-10(3)7-9(12)5-2;1-3-7(10)4-9(2)5-8-6-11-8;1-3-6(7)4-5(2)9-8;1-3-5(6)4-7-2;1-3-5(6)4-2/h8-9,11-12H,4-7H2,1-3H3;7-8,10H,3-6H2,1-2H3;5-8H,3-4H2,1-2H3;5-6H,3-4H2,1-2H3;5-6H,3-4H2,1-2H3. The van der Waals surface area contributed by atoms with E-state index in [1.807, 2.05) is 67.5 Å². The van der Waals surface area contributed by atoms with E-state index in [1.165, 1.54) is 0 Å². The van der Waals surface area contributed by atoms with E-state index in [9.17, 15) is 15.3 Å². The number of rotatable bonds is 20. The van der Waals surface area contributed by atoms with E-state index < -0.39 is 0 Å². The van der Waals surface area contributed by atoms with Crippen molar-refractivity contribution in [2.75, 3.05) is 60.6 Å². The largest absolute Gasteiger partial charge is 0.393 e. The molecule has 1 saturated heterocycles. The summed E-state index contributed by atoms with van der Waals surface area (Å²) in [7, 11) is 5.51. The summed E-state index contributed by atoms with van der Waals surface area (Å²) in [5.74, 6) is 0. The van der Waals surface area contributed by atoms with Crippen molar-refractivity contribution >= 4 is 0 Å². The van der Waals surface area contributed by atoms with Crippen LogP contribution in [-0.4, -0.2) is 155 Å². The third-order valence-electron chi connectivity index (χ3n) is 6.93. The molecule has 45 heavy (non-hydrogen) atoms. The van der Waals surface area contributed by atoms with Crippen LogP contribution in [0.5, 0.6) is 0 Å². The number of ether oxygens (including phenoxy) is 2. The Bertz CT molecular complexity index is 540. The molecule has 278 valence electrons. The topological polar surface area (TPSA) is 179 Å². The van der Waals surface area contributed by atoms with Gasteiger partial charge in [0.25, 0.3) is 0 Å². The zero-order chi connectivity index (χ0) is 35.8. The minimum atomic E-state index is -0.354. The Morgan fingerprint density at radius 3 is 1.22 bits per heavy atom. The van der Waals surface area contributed by atoms with Crippen molar-refractivity contribution in [3.8, 4) is 0 Å². The third kappa shape index (κ3) is 43.5. The van der Waals surface area contributed by atoms with E-state index in [0.717, 1.165) is 58.2 Å². The summed E-state index contributed by atoms with van der Waals surface area (Å²) < 4.78 is 9.72. The molecular formula is C33H76N2O10. The second kappa shape index (κ2) is 36.4. The van der Waals surface area contributed by atoms with Crippen molar-refractivity contribution in [3.05, 3.63) is 0 Å². The van der Waals surface area contributed by atoms with Gasteiger partial charge in [0.05, 0.1) is 62.0 Å². The number of epoxide rings is 1. The minimum Gasteiger partial charge on any atom is -0.393 e. The zero-order valence-electron chi connectivity index (χ0n) is 30.8. The molecule has 7 unspecified atom stereocenters. The fourth-order valence-corrected chi connectivity index (χ4v) is 3.33. The van der Waals surface area contributed by atoms with Gasteiger partial charge in [-0.15, -0.1) is 0 Å². The van der Waals surface area contributed by atoms with Gasteiger partial charge >= 0.3 is 0 Å². The van der Waals surface area contributed by atoms with Gasteiger partial charge in [0.2, 0.25) is 0 Å². The highest BCUT2D eigenvalue weighted by Crippen LogP contribution is 2.10. The molecule has 0 aromatic rings. The average molecular weight is 661 g/mol. The van der Waals surface area contributed by atoms with Crippen molar-refractivity contribution in [1.82, 2.24) is 9.80 Å². The summed E-state index contributed by atoms with van der Waals surface area (Å²) in [6.45, 7) is 19.7. The molecule has 1 heterocycles. The van der Waals surface area contributed by atoms with Gasteiger partial charge in [-0.2, -0.15) is 0 Å². The van der Waals surface area contributed by atoms with Crippen LogP contribution in [-0.2, 0) is 14.4 Å². The molecule has 0 spiro atoms. The number of aliphatic hydroxyl groups is 6. The first-order valence-corrected chi connectivity index (χ1v) is 17.0. The lowest BCUT2D eigenvalue weighted by molar-refractivity contribution is -0.278. The summed E-state index contributed by atoms with van der Waals surface area (Å²) in [6, 6.07) is 0. The molecule has 0 saturated carbocycles. The molecule has 1 aliphatic heterocycles. The summed E-state index contributed by atoms with van der Waals surface area (Å²) in [6.07, 6.45) is 4.87. The monoisotopic (exact) mass is 661 g/mol. The lowest BCUT2D eigenvalue weighted by Crippen LogP contribution is -2.34. The minimum absolute atomic E-state index is 0.0648. The highest BCUT2D eigenvalue weighted by Gasteiger charge is 2.24. The van der Waals surface area contributed by atoms with Gasteiger partial charge < -0.3 is 49.9 Å². The number of hydrogen-bond donors (Lipinski definition) is 7. The van der Waals surface area contributed by atoms with E-state index in [2.05, 4.69) is 14.5 Å². The second-order valence-electron chi connectivity index (χ2n) is 11.8. The molecule has 0 amide bonds. The molecule has 12 nitrogen and oxygen atoms in total. The summed E-state index contributed by atoms with van der Waals surface area (Å²) in [5.41, 5.74) is 0. The summed E-state index contributed by atoms with van der Waals surface area (Å²) in [4.78, 5) is 8.04. The average Bonchev–Trinajstić information content (AvgIpc) is 3.85. The maximum absolute atomic E-state index is 9.29. The zero-order valence-corrected chi connectivity index (χ0v) is 30.8. The summed E-state index contributed by atoms with van der Waals surface area (Å²) in [5, 5.41) is 62.3. The van der Waals surface area contributed by atoms with Crippen LogP contribution in [0.1, 0.15) is 107 Å². The fourth-order valence-electron chi connectivity index (χ4n) is 3.33. The Kier molecular flexibility index (Phi) is 41.5. The Balaban J connectivity index is -0.000000239. The van der Waals surface area contributed by atoms with E-state index >= 15 is 0 Å². The lowest BCUT2D eigenvalue weighted by atomic mass is 10.1. The molecule has 0 aromatic carbocycles. The second-order valence-corrected chi connectivity index (χ2v) is 11.8. The molecule has 12 heteroatoms. The van der Waals surface area contributed by atoms with Crippen LogP contribution in [0.2, 0.25) is 0 Å². The fraction of sp³-hybridized carbons (Fsp3) is 1.00. The highest BCUT2D eigenvalue weighted by molar-refractivity contribution is 4.73. The molecule has 7 N–H and O–H groups in total. The first-order valence-electron chi connectivity index (χ1n) is 17.0. The molecule has 0 aliphatic carbocycles. The van der Waals surface area contributed by atoms with Crippen LogP contribution in [0.4, 0.5) is 0 Å². The van der Waals surface area contributed by atoms with Crippen molar-refractivity contribution in [3.63, 3.8) is 0 Å². The Morgan fingerprint density at radius 1 is 0.622 bits per heavy atom. The lowest BCUT2D eigenvalue weighted by Gasteiger charge is -2.21. The molecule has 0 aromatic heterocycles. The molecule has 1 rings (SSSR count). The smallest absolute Gasteiger partial charge is 0.0936 e. The van der Waals surface area contributed by atoms with Gasteiger partial charge in [0.1, 0.15) is 0 Å². The number of methoxy groups -OCH3 is 1. The first kappa shape index (κ1) is 51.4. The van der Waals surface area contributed by atoms with E-state index in [1.54, 1.807) is 14.0 Å². The maximum atomic E-state index is 9.29. The number of likely N-dealkylation sites (N-methyl/N-ethyl adjacent to an activating group) is 2. The Hall–Kier alpha value is -0.480. The molecule has 0 bridgehead atoms. The van der Waals surface area contributed by atoms with Crippen molar-refractivity contribution in [1.29, 1.82) is 0 Å². The van der Waals surface area contributed by atoms with Crippen molar-refractivity contribution < 1.29 is 50.3 Å². The first-order chi connectivity index (χ1) is 21.1. The van der Waals surface area contributed by atoms with Crippen LogP contribution in [0, 0.1) is 0 Å².